The van der Waals surface area contributed by atoms with Crippen LogP contribution in [0, 0.1) is 0 Å². The van der Waals surface area contributed by atoms with Crippen molar-refractivity contribution in [2.45, 2.75) is 39.2 Å². The molecule has 82 valence electrons. The Kier molecular flexibility index (Phi) is 2.69. The quantitative estimate of drug-likeness (QED) is 0.687. The Labute approximate surface area is 95.3 Å². The van der Waals surface area contributed by atoms with Gasteiger partial charge in [-0.2, -0.15) is 0 Å². The van der Waals surface area contributed by atoms with E-state index < -0.39 is 0 Å². The fraction of sp³-hybridized carbons (Fsp3) is 0.636. The Morgan fingerprint density at radius 1 is 1.27 bits per heavy atom. The van der Waals surface area contributed by atoms with Crippen molar-refractivity contribution >= 4 is 11.6 Å². The number of hydrogen-bond acceptors (Lipinski definition) is 3. The maximum atomic E-state index is 6.16. The standard InChI is InChI=1S/C11H16ClN3/c1-11(2,3)10-14-8-4-5-13-6-7(8)9(12)15-10/h13H,4-6H2,1-3H3. The van der Waals surface area contributed by atoms with Crippen molar-refractivity contribution in [2.24, 2.45) is 0 Å². The van der Waals surface area contributed by atoms with Crippen molar-refractivity contribution in [2.75, 3.05) is 6.54 Å². The van der Waals surface area contributed by atoms with Crippen LogP contribution in [-0.2, 0) is 18.4 Å². The molecule has 0 saturated heterocycles. The van der Waals surface area contributed by atoms with Gasteiger partial charge in [-0.1, -0.05) is 32.4 Å². The Hall–Kier alpha value is -0.670. The van der Waals surface area contributed by atoms with E-state index in [1.54, 1.807) is 0 Å². The second-order valence-electron chi connectivity index (χ2n) is 4.94. The number of nitrogens with zero attached hydrogens (tertiary/aromatic N) is 2. The van der Waals surface area contributed by atoms with Gasteiger partial charge in [0.15, 0.2) is 0 Å². The molecule has 0 saturated carbocycles. The molecule has 0 bridgehead atoms. The van der Waals surface area contributed by atoms with Crippen molar-refractivity contribution in [3.8, 4) is 0 Å². The fourth-order valence-corrected chi connectivity index (χ4v) is 1.89. The van der Waals surface area contributed by atoms with Crippen LogP contribution in [0.1, 0.15) is 37.9 Å². The van der Waals surface area contributed by atoms with Crippen LogP contribution in [0.2, 0.25) is 5.15 Å². The first-order valence-electron chi connectivity index (χ1n) is 5.25. The molecule has 0 amide bonds. The van der Waals surface area contributed by atoms with Crippen LogP contribution in [0.5, 0.6) is 0 Å². The van der Waals surface area contributed by atoms with Gasteiger partial charge >= 0.3 is 0 Å². The van der Waals surface area contributed by atoms with Crippen LogP contribution >= 0.6 is 11.6 Å². The number of nitrogens with one attached hydrogen (secondary N) is 1. The molecule has 1 aliphatic heterocycles. The monoisotopic (exact) mass is 225 g/mol. The first-order chi connectivity index (χ1) is 6.98. The third-order valence-electron chi connectivity index (χ3n) is 2.55. The van der Waals surface area contributed by atoms with Crippen molar-refractivity contribution < 1.29 is 0 Å². The highest BCUT2D eigenvalue weighted by atomic mass is 35.5. The summed E-state index contributed by atoms with van der Waals surface area (Å²) in [6.07, 6.45) is 0.945. The van der Waals surface area contributed by atoms with E-state index in [-0.39, 0.29) is 5.41 Å². The van der Waals surface area contributed by atoms with E-state index in [9.17, 15) is 0 Å². The smallest absolute Gasteiger partial charge is 0.137 e. The van der Waals surface area contributed by atoms with E-state index in [4.69, 9.17) is 11.6 Å². The van der Waals surface area contributed by atoms with E-state index in [2.05, 4.69) is 36.1 Å². The van der Waals surface area contributed by atoms with Crippen molar-refractivity contribution in [3.05, 3.63) is 22.2 Å². The molecule has 15 heavy (non-hydrogen) atoms. The van der Waals surface area contributed by atoms with E-state index in [1.807, 2.05) is 0 Å². The minimum absolute atomic E-state index is 0.0381. The zero-order chi connectivity index (χ0) is 11.1. The maximum Gasteiger partial charge on any atom is 0.137 e. The summed E-state index contributed by atoms with van der Waals surface area (Å²) in [6, 6.07) is 0. The van der Waals surface area contributed by atoms with Gasteiger partial charge in [-0.15, -0.1) is 0 Å². The van der Waals surface area contributed by atoms with Gasteiger partial charge in [0.1, 0.15) is 11.0 Å². The van der Waals surface area contributed by atoms with Crippen molar-refractivity contribution in [1.29, 1.82) is 0 Å². The van der Waals surface area contributed by atoms with Crippen LogP contribution in [0.3, 0.4) is 0 Å². The van der Waals surface area contributed by atoms with Gasteiger partial charge in [0.25, 0.3) is 0 Å². The number of halogens is 1. The second-order valence-corrected chi connectivity index (χ2v) is 5.30. The van der Waals surface area contributed by atoms with E-state index >= 15 is 0 Å². The van der Waals surface area contributed by atoms with Crippen molar-refractivity contribution in [3.63, 3.8) is 0 Å². The van der Waals surface area contributed by atoms with Gasteiger partial charge in [-0.3, -0.25) is 0 Å². The Bertz CT molecular complexity index is 382. The molecule has 1 N–H and O–H groups in total. The minimum atomic E-state index is -0.0381. The Morgan fingerprint density at radius 3 is 2.67 bits per heavy atom. The molecular weight excluding hydrogens is 210 g/mol. The fourth-order valence-electron chi connectivity index (χ4n) is 1.64. The summed E-state index contributed by atoms with van der Waals surface area (Å²) in [6.45, 7) is 8.08. The van der Waals surface area contributed by atoms with Gasteiger partial charge in [-0.05, 0) is 0 Å². The Balaban J connectivity index is 2.50. The highest BCUT2D eigenvalue weighted by Crippen LogP contribution is 2.25. The van der Waals surface area contributed by atoms with Gasteiger partial charge < -0.3 is 5.32 Å². The first-order valence-corrected chi connectivity index (χ1v) is 5.63. The van der Waals surface area contributed by atoms with Gasteiger partial charge in [0.2, 0.25) is 0 Å². The zero-order valence-electron chi connectivity index (χ0n) is 9.39. The lowest BCUT2D eigenvalue weighted by Crippen LogP contribution is -2.27. The minimum Gasteiger partial charge on any atom is -0.312 e. The molecule has 1 aliphatic rings. The summed E-state index contributed by atoms with van der Waals surface area (Å²) in [7, 11) is 0. The summed E-state index contributed by atoms with van der Waals surface area (Å²) in [5.41, 5.74) is 2.14. The molecule has 0 unspecified atom stereocenters. The largest absolute Gasteiger partial charge is 0.312 e. The molecule has 1 aromatic rings. The van der Waals surface area contributed by atoms with Crippen LogP contribution in [0.4, 0.5) is 0 Å². The third-order valence-corrected chi connectivity index (χ3v) is 2.87. The number of hydrogen-bond donors (Lipinski definition) is 1. The lowest BCUT2D eigenvalue weighted by Gasteiger charge is -2.22. The van der Waals surface area contributed by atoms with Crippen LogP contribution < -0.4 is 5.32 Å². The number of aromatic nitrogens is 2. The third kappa shape index (κ3) is 2.13. The summed E-state index contributed by atoms with van der Waals surface area (Å²) in [5.74, 6) is 0.841. The topological polar surface area (TPSA) is 37.8 Å². The lowest BCUT2D eigenvalue weighted by molar-refractivity contribution is 0.529. The van der Waals surface area contributed by atoms with E-state index in [1.165, 1.54) is 0 Å². The Morgan fingerprint density at radius 2 is 2.00 bits per heavy atom. The predicted octanol–water partition coefficient (Wildman–Crippen LogP) is 2.07. The zero-order valence-corrected chi connectivity index (χ0v) is 10.1. The summed E-state index contributed by atoms with van der Waals surface area (Å²) < 4.78 is 0. The molecule has 0 radical (unpaired) electrons. The molecule has 0 fully saturated rings. The average molecular weight is 226 g/mol. The van der Waals surface area contributed by atoms with Crippen LogP contribution in [0.25, 0.3) is 0 Å². The van der Waals surface area contributed by atoms with Crippen LogP contribution in [-0.4, -0.2) is 16.5 Å². The average Bonchev–Trinajstić information content (AvgIpc) is 2.16. The molecule has 3 nitrogen and oxygen atoms in total. The normalized spacial score (nSPS) is 16.3. The van der Waals surface area contributed by atoms with E-state index in [0.717, 1.165) is 36.6 Å². The molecular formula is C11H16ClN3. The second kappa shape index (κ2) is 3.72. The predicted molar refractivity (Wildman–Crippen MR) is 61.2 cm³/mol. The van der Waals surface area contributed by atoms with E-state index in [0.29, 0.717) is 5.15 Å². The number of rotatable bonds is 0. The molecule has 0 spiro atoms. The summed E-state index contributed by atoms with van der Waals surface area (Å²) >= 11 is 6.16. The molecule has 0 aromatic carbocycles. The molecule has 1 aromatic heterocycles. The van der Waals surface area contributed by atoms with Crippen LogP contribution in [0.15, 0.2) is 0 Å². The number of fused-ring (bicyclic) bond motifs is 1. The van der Waals surface area contributed by atoms with Gasteiger partial charge in [0, 0.05) is 30.5 Å². The highest BCUT2D eigenvalue weighted by Gasteiger charge is 2.22. The molecule has 2 rings (SSSR count). The maximum absolute atomic E-state index is 6.16. The summed E-state index contributed by atoms with van der Waals surface area (Å²) in [4.78, 5) is 8.98. The summed E-state index contributed by atoms with van der Waals surface area (Å²) in [5, 5.41) is 3.88. The van der Waals surface area contributed by atoms with Gasteiger partial charge in [-0.25, -0.2) is 9.97 Å². The van der Waals surface area contributed by atoms with Gasteiger partial charge in [0.05, 0.1) is 5.69 Å². The van der Waals surface area contributed by atoms with Crippen molar-refractivity contribution in [1.82, 2.24) is 15.3 Å². The SMILES string of the molecule is CC(C)(C)c1nc(Cl)c2c(n1)CCNC2. The molecule has 4 heteroatoms. The first kappa shape index (κ1) is 10.8. The molecule has 0 aliphatic carbocycles. The highest BCUT2D eigenvalue weighted by molar-refractivity contribution is 6.30. The molecule has 2 heterocycles. The molecule has 0 atom stereocenters. The lowest BCUT2D eigenvalue weighted by atomic mass is 9.95.